The molecule has 1 aliphatic heterocycles. The van der Waals surface area contributed by atoms with Crippen LogP contribution in [-0.2, 0) is 11.2 Å². The minimum atomic E-state index is 0.124. The summed E-state index contributed by atoms with van der Waals surface area (Å²) in [6, 6.07) is 4.85. The Labute approximate surface area is 119 Å². The Morgan fingerprint density at radius 1 is 1.63 bits per heavy atom. The molecular formula is C14H23N3OS. The standard InChI is InChI=1S/C14H23N3OS/c1-11-9-12(15)5-7-17(11)10-14(18)16-6-4-13-3-2-8-19-13/h2-3,8,11-12H,4-7,9-10,15H2,1H3,(H,16,18). The third-order valence-corrected chi connectivity index (χ3v) is 4.61. The number of nitrogens with zero attached hydrogens (tertiary/aromatic N) is 1. The van der Waals surface area contributed by atoms with Gasteiger partial charge in [-0.2, -0.15) is 0 Å². The van der Waals surface area contributed by atoms with E-state index in [0.29, 0.717) is 18.6 Å². The maximum atomic E-state index is 11.9. The number of thiophene rings is 1. The van der Waals surface area contributed by atoms with Crippen molar-refractivity contribution in [3.8, 4) is 0 Å². The maximum Gasteiger partial charge on any atom is 0.234 e. The maximum absolute atomic E-state index is 11.9. The molecule has 1 aromatic rings. The molecule has 1 saturated heterocycles. The first-order valence-corrected chi connectivity index (χ1v) is 7.82. The lowest BCUT2D eigenvalue weighted by molar-refractivity contribution is -0.123. The third-order valence-electron chi connectivity index (χ3n) is 3.67. The number of hydrogen-bond donors (Lipinski definition) is 2. The van der Waals surface area contributed by atoms with Gasteiger partial charge in [0.05, 0.1) is 6.54 Å². The number of carbonyl (C=O) groups is 1. The highest BCUT2D eigenvalue weighted by Gasteiger charge is 2.24. The number of nitrogens with one attached hydrogen (secondary N) is 1. The highest BCUT2D eigenvalue weighted by Crippen LogP contribution is 2.15. The summed E-state index contributed by atoms with van der Waals surface area (Å²) in [5.41, 5.74) is 5.93. The fraction of sp³-hybridized carbons (Fsp3) is 0.643. The molecule has 0 aromatic carbocycles. The summed E-state index contributed by atoms with van der Waals surface area (Å²) >= 11 is 1.74. The Bertz CT molecular complexity index is 393. The lowest BCUT2D eigenvalue weighted by atomic mass is 9.99. The van der Waals surface area contributed by atoms with Crippen molar-refractivity contribution in [1.29, 1.82) is 0 Å². The molecule has 2 heterocycles. The van der Waals surface area contributed by atoms with Gasteiger partial charge in [0.25, 0.3) is 0 Å². The molecule has 5 heteroatoms. The topological polar surface area (TPSA) is 58.4 Å². The SMILES string of the molecule is CC1CC(N)CCN1CC(=O)NCCc1cccs1. The summed E-state index contributed by atoms with van der Waals surface area (Å²) < 4.78 is 0. The van der Waals surface area contributed by atoms with Gasteiger partial charge < -0.3 is 11.1 Å². The number of nitrogens with two attached hydrogens (primary N) is 1. The minimum Gasteiger partial charge on any atom is -0.355 e. The Morgan fingerprint density at radius 3 is 3.16 bits per heavy atom. The zero-order valence-electron chi connectivity index (χ0n) is 11.5. The molecule has 106 valence electrons. The van der Waals surface area contributed by atoms with Crippen molar-refractivity contribution in [1.82, 2.24) is 10.2 Å². The summed E-state index contributed by atoms with van der Waals surface area (Å²) in [4.78, 5) is 15.4. The van der Waals surface area contributed by atoms with Crippen molar-refractivity contribution in [2.45, 2.75) is 38.3 Å². The van der Waals surface area contributed by atoms with Crippen LogP contribution in [0.2, 0.25) is 0 Å². The average molecular weight is 281 g/mol. The van der Waals surface area contributed by atoms with Crippen LogP contribution in [0.4, 0.5) is 0 Å². The van der Waals surface area contributed by atoms with E-state index in [1.54, 1.807) is 11.3 Å². The van der Waals surface area contributed by atoms with Gasteiger partial charge in [0.2, 0.25) is 5.91 Å². The number of amides is 1. The van der Waals surface area contributed by atoms with Crippen molar-refractivity contribution in [2.75, 3.05) is 19.6 Å². The predicted octanol–water partition coefficient (Wildman–Crippen LogP) is 1.22. The van der Waals surface area contributed by atoms with Gasteiger partial charge in [-0.1, -0.05) is 6.07 Å². The fourth-order valence-corrected chi connectivity index (χ4v) is 3.22. The molecule has 2 rings (SSSR count). The van der Waals surface area contributed by atoms with Gasteiger partial charge in [-0.15, -0.1) is 11.3 Å². The normalized spacial score (nSPS) is 24.3. The first-order chi connectivity index (χ1) is 9.15. The number of rotatable bonds is 5. The molecule has 0 aliphatic carbocycles. The van der Waals surface area contributed by atoms with Crippen LogP contribution in [0.1, 0.15) is 24.6 Å². The van der Waals surface area contributed by atoms with Crippen LogP contribution in [0.25, 0.3) is 0 Å². The van der Waals surface area contributed by atoms with Gasteiger partial charge in [-0.25, -0.2) is 0 Å². The molecule has 19 heavy (non-hydrogen) atoms. The lowest BCUT2D eigenvalue weighted by Crippen LogP contribution is -2.49. The zero-order chi connectivity index (χ0) is 13.7. The van der Waals surface area contributed by atoms with E-state index in [-0.39, 0.29) is 5.91 Å². The first-order valence-electron chi connectivity index (χ1n) is 6.94. The van der Waals surface area contributed by atoms with Crippen LogP contribution >= 0.6 is 11.3 Å². The quantitative estimate of drug-likeness (QED) is 0.853. The second kappa shape index (κ2) is 7.03. The molecule has 4 nitrogen and oxygen atoms in total. The number of carbonyl (C=O) groups excluding carboxylic acids is 1. The van der Waals surface area contributed by atoms with Crippen LogP contribution in [0, 0.1) is 0 Å². The molecule has 0 bridgehead atoms. The smallest absolute Gasteiger partial charge is 0.234 e. The van der Waals surface area contributed by atoms with Crippen LogP contribution in [0.3, 0.4) is 0 Å². The summed E-state index contributed by atoms with van der Waals surface area (Å²) in [7, 11) is 0. The van der Waals surface area contributed by atoms with Crippen LogP contribution in [0.15, 0.2) is 17.5 Å². The van der Waals surface area contributed by atoms with Crippen LogP contribution < -0.4 is 11.1 Å². The highest BCUT2D eigenvalue weighted by molar-refractivity contribution is 7.09. The van der Waals surface area contributed by atoms with E-state index < -0.39 is 0 Å². The Kier molecular flexibility index (Phi) is 5.36. The van der Waals surface area contributed by atoms with E-state index >= 15 is 0 Å². The average Bonchev–Trinajstić information content (AvgIpc) is 2.86. The van der Waals surface area contributed by atoms with E-state index in [4.69, 9.17) is 5.73 Å². The van der Waals surface area contributed by atoms with Crippen LogP contribution in [0.5, 0.6) is 0 Å². The van der Waals surface area contributed by atoms with Gasteiger partial charge in [0.1, 0.15) is 0 Å². The first kappa shape index (κ1) is 14.5. The summed E-state index contributed by atoms with van der Waals surface area (Å²) in [6.07, 6.45) is 2.90. The molecule has 0 spiro atoms. The van der Waals surface area contributed by atoms with E-state index in [0.717, 1.165) is 32.4 Å². The van der Waals surface area contributed by atoms with E-state index in [1.807, 2.05) is 6.07 Å². The Morgan fingerprint density at radius 2 is 2.47 bits per heavy atom. The lowest BCUT2D eigenvalue weighted by Gasteiger charge is -2.35. The Hall–Kier alpha value is -0.910. The van der Waals surface area contributed by atoms with Gasteiger partial charge in [0, 0.05) is 30.1 Å². The van der Waals surface area contributed by atoms with E-state index in [1.165, 1.54) is 4.88 Å². The second-order valence-corrected chi connectivity index (χ2v) is 6.32. The van der Waals surface area contributed by atoms with Gasteiger partial charge in [-0.3, -0.25) is 9.69 Å². The summed E-state index contributed by atoms with van der Waals surface area (Å²) in [6.45, 7) is 4.30. The largest absolute Gasteiger partial charge is 0.355 e. The Balaban J connectivity index is 1.66. The predicted molar refractivity (Wildman–Crippen MR) is 79.3 cm³/mol. The summed E-state index contributed by atoms with van der Waals surface area (Å²) in [5, 5.41) is 5.06. The third kappa shape index (κ3) is 4.60. The molecule has 0 radical (unpaired) electrons. The fourth-order valence-electron chi connectivity index (χ4n) is 2.51. The molecule has 1 fully saturated rings. The molecule has 1 amide bonds. The second-order valence-electron chi connectivity index (χ2n) is 5.28. The molecule has 1 aromatic heterocycles. The number of hydrogen-bond acceptors (Lipinski definition) is 4. The van der Waals surface area contributed by atoms with Gasteiger partial charge in [-0.05, 0) is 37.6 Å². The number of likely N-dealkylation sites (tertiary alicyclic amines) is 1. The monoisotopic (exact) mass is 281 g/mol. The molecule has 2 unspecified atom stereocenters. The molecule has 0 saturated carbocycles. The summed E-state index contributed by atoms with van der Waals surface area (Å²) in [5.74, 6) is 0.124. The van der Waals surface area contributed by atoms with Crippen molar-refractivity contribution in [3.63, 3.8) is 0 Å². The van der Waals surface area contributed by atoms with Crippen LogP contribution in [-0.4, -0.2) is 42.5 Å². The van der Waals surface area contributed by atoms with E-state index in [2.05, 4.69) is 28.6 Å². The highest BCUT2D eigenvalue weighted by atomic mass is 32.1. The molecule has 2 atom stereocenters. The zero-order valence-corrected chi connectivity index (χ0v) is 12.3. The van der Waals surface area contributed by atoms with Crippen molar-refractivity contribution >= 4 is 17.2 Å². The minimum absolute atomic E-state index is 0.124. The van der Waals surface area contributed by atoms with Gasteiger partial charge in [0.15, 0.2) is 0 Å². The number of piperidine rings is 1. The van der Waals surface area contributed by atoms with Gasteiger partial charge >= 0.3 is 0 Å². The molecule has 1 aliphatic rings. The molecular weight excluding hydrogens is 258 g/mol. The van der Waals surface area contributed by atoms with E-state index in [9.17, 15) is 4.79 Å². The van der Waals surface area contributed by atoms with Crippen molar-refractivity contribution < 1.29 is 4.79 Å². The van der Waals surface area contributed by atoms with Crippen molar-refractivity contribution in [3.05, 3.63) is 22.4 Å². The molecule has 3 N–H and O–H groups in total. The van der Waals surface area contributed by atoms with Crippen molar-refractivity contribution in [2.24, 2.45) is 5.73 Å².